The quantitative estimate of drug-likeness (QED) is 0.442. The Labute approximate surface area is 182 Å². The fourth-order valence-electron chi connectivity index (χ4n) is 3.18. The van der Waals surface area contributed by atoms with Gasteiger partial charge in [-0.05, 0) is 37.1 Å². The highest BCUT2D eigenvalue weighted by atomic mass is 32.2. The van der Waals surface area contributed by atoms with E-state index in [1.807, 2.05) is 13.8 Å². The molecule has 0 heterocycles. The first-order valence-corrected chi connectivity index (χ1v) is 11.7. The number of para-hydroxylation sites is 1. The number of aromatic carboxylic acids is 2. The molecular formula is C22H28N2O6S. The molecule has 0 saturated carbocycles. The van der Waals surface area contributed by atoms with E-state index in [0.29, 0.717) is 13.1 Å². The molecular weight excluding hydrogens is 420 g/mol. The Bertz CT molecular complexity index is 979. The fourth-order valence-corrected chi connectivity index (χ4v) is 4.29. The minimum absolute atomic E-state index is 0.0422. The molecule has 0 bridgehead atoms. The molecule has 0 amide bonds. The number of rotatable bonds is 12. The lowest BCUT2D eigenvalue weighted by atomic mass is 10.0. The number of benzene rings is 2. The van der Waals surface area contributed by atoms with Gasteiger partial charge in [-0.25, -0.2) is 18.0 Å². The number of nitrogens with zero attached hydrogens (tertiary/aromatic N) is 1. The van der Waals surface area contributed by atoms with Gasteiger partial charge in [0.2, 0.25) is 0 Å². The SMILES string of the molecule is CCCCN(CCCC)c1c(C(=O)O)cc(S(=O)(=O)Nc2ccccc2)cc1C(=O)O. The summed E-state index contributed by atoms with van der Waals surface area (Å²) in [6, 6.07) is 10.1. The van der Waals surface area contributed by atoms with Crippen molar-refractivity contribution in [1.29, 1.82) is 0 Å². The average Bonchev–Trinajstić information content (AvgIpc) is 2.73. The second-order valence-corrected chi connectivity index (χ2v) is 8.83. The van der Waals surface area contributed by atoms with Crippen LogP contribution in [0.2, 0.25) is 0 Å². The van der Waals surface area contributed by atoms with Crippen molar-refractivity contribution in [2.75, 3.05) is 22.7 Å². The molecule has 0 aromatic heterocycles. The van der Waals surface area contributed by atoms with Crippen LogP contribution in [0.15, 0.2) is 47.4 Å². The maximum Gasteiger partial charge on any atom is 0.337 e. The molecule has 0 unspecified atom stereocenters. The number of carboxylic acid groups (broad SMARTS) is 2. The molecule has 0 radical (unpaired) electrons. The topological polar surface area (TPSA) is 124 Å². The first-order chi connectivity index (χ1) is 14.7. The Morgan fingerprint density at radius 2 is 1.39 bits per heavy atom. The zero-order valence-electron chi connectivity index (χ0n) is 17.7. The zero-order chi connectivity index (χ0) is 23.0. The number of hydrogen-bond donors (Lipinski definition) is 3. The molecule has 9 heteroatoms. The molecule has 0 atom stereocenters. The van der Waals surface area contributed by atoms with E-state index in [1.54, 1.807) is 35.2 Å². The van der Waals surface area contributed by atoms with Crippen molar-refractivity contribution < 1.29 is 28.2 Å². The van der Waals surface area contributed by atoms with Crippen molar-refractivity contribution in [2.45, 2.75) is 44.4 Å². The molecule has 0 fully saturated rings. The third kappa shape index (κ3) is 6.21. The summed E-state index contributed by atoms with van der Waals surface area (Å²) in [6.45, 7) is 4.93. The summed E-state index contributed by atoms with van der Waals surface area (Å²) in [7, 11) is -4.20. The van der Waals surface area contributed by atoms with Gasteiger partial charge in [0.25, 0.3) is 10.0 Å². The van der Waals surface area contributed by atoms with Crippen LogP contribution in [0.4, 0.5) is 11.4 Å². The molecule has 2 rings (SSSR count). The van der Waals surface area contributed by atoms with Crippen LogP contribution >= 0.6 is 0 Å². The number of unbranched alkanes of at least 4 members (excludes halogenated alkanes) is 2. The third-order valence-electron chi connectivity index (χ3n) is 4.76. The number of nitrogens with one attached hydrogen (secondary N) is 1. The normalized spacial score (nSPS) is 11.2. The van der Waals surface area contributed by atoms with Crippen LogP contribution in [0.25, 0.3) is 0 Å². The predicted molar refractivity (Wildman–Crippen MR) is 120 cm³/mol. The molecule has 2 aromatic rings. The Morgan fingerprint density at radius 3 is 1.81 bits per heavy atom. The van der Waals surface area contributed by atoms with Gasteiger partial charge in [0.1, 0.15) is 0 Å². The van der Waals surface area contributed by atoms with Crippen molar-refractivity contribution >= 4 is 33.3 Å². The predicted octanol–water partition coefficient (Wildman–Crippen LogP) is 4.29. The molecule has 31 heavy (non-hydrogen) atoms. The Morgan fingerprint density at radius 1 is 0.903 bits per heavy atom. The highest BCUT2D eigenvalue weighted by Crippen LogP contribution is 2.31. The fraction of sp³-hybridized carbons (Fsp3) is 0.364. The Hall–Kier alpha value is -3.07. The number of sulfonamides is 1. The molecule has 2 aromatic carbocycles. The second-order valence-electron chi connectivity index (χ2n) is 7.14. The third-order valence-corrected chi connectivity index (χ3v) is 6.12. The smallest absolute Gasteiger partial charge is 0.337 e. The van der Waals surface area contributed by atoms with Crippen LogP contribution in [0.3, 0.4) is 0 Å². The number of hydrogen-bond acceptors (Lipinski definition) is 5. The molecule has 0 saturated heterocycles. The van der Waals surface area contributed by atoms with Crippen molar-refractivity contribution in [3.05, 3.63) is 53.6 Å². The maximum atomic E-state index is 12.9. The molecule has 0 aliphatic rings. The van der Waals surface area contributed by atoms with Gasteiger partial charge in [-0.1, -0.05) is 44.9 Å². The first-order valence-electron chi connectivity index (χ1n) is 10.2. The Balaban J connectivity index is 2.64. The molecule has 3 N–H and O–H groups in total. The van der Waals surface area contributed by atoms with E-state index in [1.165, 1.54) is 0 Å². The lowest BCUT2D eigenvalue weighted by molar-refractivity contribution is 0.0696. The largest absolute Gasteiger partial charge is 0.478 e. The average molecular weight is 449 g/mol. The molecule has 0 aliphatic heterocycles. The number of carbonyl (C=O) groups is 2. The van der Waals surface area contributed by atoms with Crippen LogP contribution < -0.4 is 9.62 Å². The van der Waals surface area contributed by atoms with Gasteiger partial charge in [0.15, 0.2) is 0 Å². The minimum Gasteiger partial charge on any atom is -0.478 e. The summed E-state index contributed by atoms with van der Waals surface area (Å²) in [5.41, 5.74) is -0.366. The molecule has 0 spiro atoms. The number of carboxylic acids is 2. The van der Waals surface area contributed by atoms with Gasteiger partial charge in [-0.2, -0.15) is 0 Å². The lowest BCUT2D eigenvalue weighted by Gasteiger charge is -2.28. The van der Waals surface area contributed by atoms with Crippen molar-refractivity contribution in [2.24, 2.45) is 0 Å². The summed E-state index contributed by atoms with van der Waals surface area (Å²) in [5, 5.41) is 19.6. The van der Waals surface area contributed by atoms with E-state index in [9.17, 15) is 28.2 Å². The van der Waals surface area contributed by atoms with Gasteiger partial charge in [0.05, 0.1) is 21.7 Å². The van der Waals surface area contributed by atoms with Crippen molar-refractivity contribution in [1.82, 2.24) is 0 Å². The van der Waals surface area contributed by atoms with Crippen molar-refractivity contribution in [3.63, 3.8) is 0 Å². The van der Waals surface area contributed by atoms with E-state index in [2.05, 4.69) is 4.72 Å². The monoisotopic (exact) mass is 448 g/mol. The zero-order valence-corrected chi connectivity index (χ0v) is 18.5. The number of anilines is 2. The highest BCUT2D eigenvalue weighted by Gasteiger charge is 2.28. The van der Waals surface area contributed by atoms with Crippen molar-refractivity contribution in [3.8, 4) is 0 Å². The lowest BCUT2D eigenvalue weighted by Crippen LogP contribution is -2.30. The summed E-state index contributed by atoms with van der Waals surface area (Å²) in [6.07, 6.45) is 3.19. The molecule has 0 aliphatic carbocycles. The summed E-state index contributed by atoms with van der Waals surface area (Å²) < 4.78 is 28.1. The first kappa shape index (κ1) is 24.2. The summed E-state index contributed by atoms with van der Waals surface area (Å²) in [4.78, 5) is 25.4. The van der Waals surface area contributed by atoms with Gasteiger partial charge in [-0.15, -0.1) is 0 Å². The Kier molecular flexibility index (Phi) is 8.44. The molecule has 8 nitrogen and oxygen atoms in total. The van der Waals surface area contributed by atoms with E-state index in [4.69, 9.17) is 0 Å². The summed E-state index contributed by atoms with van der Waals surface area (Å²) in [5.74, 6) is -2.76. The van der Waals surface area contributed by atoms with Gasteiger partial charge >= 0.3 is 11.9 Å². The second kappa shape index (κ2) is 10.8. The standard InChI is InChI=1S/C22H28N2O6S/c1-3-5-12-24(13-6-4-2)20-18(21(25)26)14-17(15-19(20)22(27)28)31(29,30)23-16-10-8-7-9-11-16/h7-11,14-15,23H,3-6,12-13H2,1-2H3,(H,25,26)(H,27,28). The van der Waals surface area contributed by atoms with E-state index in [0.717, 1.165) is 37.8 Å². The van der Waals surface area contributed by atoms with Gasteiger partial charge in [0, 0.05) is 18.8 Å². The van der Waals surface area contributed by atoms with Crippen LogP contribution in [0.5, 0.6) is 0 Å². The van der Waals surface area contributed by atoms with Crippen LogP contribution in [-0.2, 0) is 10.0 Å². The van der Waals surface area contributed by atoms with Crippen LogP contribution in [0, 0.1) is 0 Å². The highest BCUT2D eigenvalue weighted by molar-refractivity contribution is 7.92. The van der Waals surface area contributed by atoms with Crippen LogP contribution in [-0.4, -0.2) is 43.7 Å². The van der Waals surface area contributed by atoms with Gasteiger partial charge in [-0.3, -0.25) is 4.72 Å². The van der Waals surface area contributed by atoms with Crippen LogP contribution in [0.1, 0.15) is 60.2 Å². The minimum atomic E-state index is -4.20. The summed E-state index contributed by atoms with van der Waals surface area (Å²) >= 11 is 0. The van der Waals surface area contributed by atoms with E-state index < -0.39 is 26.9 Å². The van der Waals surface area contributed by atoms with E-state index in [-0.39, 0.29) is 22.5 Å². The maximum absolute atomic E-state index is 12.9. The van der Waals surface area contributed by atoms with E-state index >= 15 is 0 Å². The molecule has 168 valence electrons. The van der Waals surface area contributed by atoms with Gasteiger partial charge < -0.3 is 15.1 Å².